The summed E-state index contributed by atoms with van der Waals surface area (Å²) >= 11 is 0. The smallest absolute Gasteiger partial charge is 0.292 e. The Balaban J connectivity index is 1.92. The van der Waals surface area contributed by atoms with Crippen LogP contribution in [0.15, 0.2) is 34.9 Å². The summed E-state index contributed by atoms with van der Waals surface area (Å²) in [5.41, 5.74) is 7.13. The molecule has 1 unspecified atom stereocenters. The quantitative estimate of drug-likeness (QED) is 0.838. The number of carbonyl (C=O) groups is 1. The second kappa shape index (κ2) is 6.10. The molecule has 1 aromatic heterocycles. The fourth-order valence-corrected chi connectivity index (χ4v) is 1.71. The Morgan fingerprint density at radius 2 is 2.16 bits per heavy atom. The zero-order valence-electron chi connectivity index (χ0n) is 10.7. The molecule has 0 aliphatic heterocycles. The molecule has 100 valence electrons. The van der Waals surface area contributed by atoms with Gasteiger partial charge in [-0.05, 0) is 12.0 Å². The van der Waals surface area contributed by atoms with E-state index in [0.29, 0.717) is 18.7 Å². The molecule has 2 aromatic rings. The average molecular weight is 260 g/mol. The molecule has 0 fully saturated rings. The topological polar surface area (TPSA) is 94.0 Å². The van der Waals surface area contributed by atoms with E-state index in [0.717, 1.165) is 5.56 Å². The van der Waals surface area contributed by atoms with Gasteiger partial charge in [-0.25, -0.2) is 0 Å². The molecule has 2 rings (SSSR count). The van der Waals surface area contributed by atoms with Crippen molar-refractivity contribution < 1.29 is 9.32 Å². The van der Waals surface area contributed by atoms with E-state index < -0.39 is 0 Å². The molecule has 1 aromatic carbocycles. The number of hydrogen-bond acceptors (Lipinski definition) is 5. The lowest BCUT2D eigenvalue weighted by Crippen LogP contribution is -2.19. The number of amides is 1. The van der Waals surface area contributed by atoms with E-state index in [-0.39, 0.29) is 17.8 Å². The summed E-state index contributed by atoms with van der Waals surface area (Å²) in [6.07, 6.45) is 1.22. The summed E-state index contributed by atoms with van der Waals surface area (Å²) in [6.45, 7) is 0. The number of aryl methyl sites for hydroxylation is 1. The van der Waals surface area contributed by atoms with Crippen molar-refractivity contribution in [1.82, 2.24) is 15.5 Å². The third-order valence-corrected chi connectivity index (χ3v) is 2.80. The van der Waals surface area contributed by atoms with Crippen molar-refractivity contribution in [2.75, 3.05) is 7.05 Å². The summed E-state index contributed by atoms with van der Waals surface area (Å²) in [5.74, 6) is 0.109. The Labute approximate surface area is 111 Å². The molecule has 6 heteroatoms. The number of nitrogens with one attached hydrogen (secondary N) is 1. The van der Waals surface area contributed by atoms with Gasteiger partial charge in [-0.3, -0.25) is 4.79 Å². The molecule has 1 amide bonds. The van der Waals surface area contributed by atoms with Crippen molar-refractivity contribution in [3.8, 4) is 0 Å². The van der Waals surface area contributed by atoms with Crippen LogP contribution in [0.25, 0.3) is 0 Å². The predicted octanol–water partition coefficient (Wildman–Crippen LogP) is 1.06. The summed E-state index contributed by atoms with van der Waals surface area (Å²) in [7, 11) is 1.52. The van der Waals surface area contributed by atoms with Gasteiger partial charge in [0.05, 0.1) is 0 Å². The van der Waals surface area contributed by atoms with Gasteiger partial charge in [0.2, 0.25) is 5.89 Å². The largest absolute Gasteiger partial charge is 0.352 e. The highest BCUT2D eigenvalue weighted by Crippen LogP contribution is 2.15. The molecule has 6 nitrogen and oxygen atoms in total. The van der Waals surface area contributed by atoms with E-state index in [1.807, 2.05) is 30.3 Å². The lowest BCUT2D eigenvalue weighted by atomic mass is 10.0. The van der Waals surface area contributed by atoms with Crippen molar-refractivity contribution in [2.45, 2.75) is 18.9 Å². The average Bonchev–Trinajstić information content (AvgIpc) is 2.93. The molecule has 3 N–H and O–H groups in total. The highest BCUT2D eigenvalue weighted by Gasteiger charge is 2.14. The zero-order valence-corrected chi connectivity index (χ0v) is 10.7. The van der Waals surface area contributed by atoms with Crippen molar-refractivity contribution in [1.29, 1.82) is 0 Å². The molecule has 19 heavy (non-hydrogen) atoms. The van der Waals surface area contributed by atoms with Crippen LogP contribution in [0.5, 0.6) is 0 Å². The fourth-order valence-electron chi connectivity index (χ4n) is 1.71. The van der Waals surface area contributed by atoms with Crippen molar-refractivity contribution in [2.24, 2.45) is 5.73 Å². The van der Waals surface area contributed by atoms with E-state index in [1.165, 1.54) is 7.05 Å². The minimum atomic E-state index is -0.359. The Bertz CT molecular complexity index is 539. The predicted molar refractivity (Wildman–Crippen MR) is 69.4 cm³/mol. The van der Waals surface area contributed by atoms with Gasteiger partial charge in [-0.15, -0.1) is 0 Å². The lowest BCUT2D eigenvalue weighted by Gasteiger charge is -2.09. The molecule has 0 aliphatic carbocycles. The normalized spacial score (nSPS) is 12.1. The van der Waals surface area contributed by atoms with Gasteiger partial charge >= 0.3 is 0 Å². The number of nitrogens with two attached hydrogens (primary N) is 1. The van der Waals surface area contributed by atoms with Gasteiger partial charge in [-0.1, -0.05) is 35.5 Å². The number of rotatable bonds is 5. The van der Waals surface area contributed by atoms with Gasteiger partial charge in [0.15, 0.2) is 0 Å². The van der Waals surface area contributed by atoms with Crippen LogP contribution in [0.2, 0.25) is 0 Å². The summed E-state index contributed by atoms with van der Waals surface area (Å²) in [5, 5.41) is 6.04. The summed E-state index contributed by atoms with van der Waals surface area (Å²) in [6, 6.07) is 9.72. The zero-order chi connectivity index (χ0) is 13.7. The van der Waals surface area contributed by atoms with Crippen LogP contribution >= 0.6 is 0 Å². The Hall–Kier alpha value is -2.21. The Morgan fingerprint density at radius 3 is 2.84 bits per heavy atom. The number of aromatic nitrogens is 2. The minimum absolute atomic E-state index is 0.0470. The minimum Gasteiger partial charge on any atom is -0.352 e. The SMILES string of the molecule is CNC(=O)c1noc(CCC(N)c2ccccc2)n1. The van der Waals surface area contributed by atoms with Crippen LogP contribution in [0.3, 0.4) is 0 Å². The number of carbonyl (C=O) groups excluding carboxylic acids is 1. The van der Waals surface area contributed by atoms with Crippen LogP contribution in [0.1, 0.15) is 34.5 Å². The Morgan fingerprint density at radius 1 is 1.42 bits per heavy atom. The van der Waals surface area contributed by atoms with Gasteiger partial charge < -0.3 is 15.6 Å². The third-order valence-electron chi connectivity index (χ3n) is 2.80. The van der Waals surface area contributed by atoms with Crippen molar-refractivity contribution >= 4 is 5.91 Å². The Kier molecular flexibility index (Phi) is 4.25. The highest BCUT2D eigenvalue weighted by atomic mass is 16.5. The molecule has 0 saturated heterocycles. The third kappa shape index (κ3) is 3.38. The molecule has 0 bridgehead atoms. The van der Waals surface area contributed by atoms with Crippen LogP contribution in [0, 0.1) is 0 Å². The van der Waals surface area contributed by atoms with E-state index in [4.69, 9.17) is 10.3 Å². The van der Waals surface area contributed by atoms with Gasteiger partial charge in [0.25, 0.3) is 11.7 Å². The molecule has 0 aliphatic rings. The fraction of sp³-hybridized carbons (Fsp3) is 0.308. The molecule has 0 spiro atoms. The van der Waals surface area contributed by atoms with E-state index in [9.17, 15) is 4.79 Å². The molecule has 1 heterocycles. The highest BCUT2D eigenvalue weighted by molar-refractivity contribution is 5.89. The van der Waals surface area contributed by atoms with E-state index in [1.54, 1.807) is 0 Å². The van der Waals surface area contributed by atoms with Crippen LogP contribution < -0.4 is 11.1 Å². The molecule has 0 saturated carbocycles. The maximum Gasteiger partial charge on any atom is 0.292 e. The van der Waals surface area contributed by atoms with Crippen molar-refractivity contribution in [3.63, 3.8) is 0 Å². The first-order chi connectivity index (χ1) is 9.20. The number of benzene rings is 1. The first kappa shape index (κ1) is 13.2. The monoisotopic (exact) mass is 260 g/mol. The number of nitrogens with zero attached hydrogens (tertiary/aromatic N) is 2. The molecule has 1 atom stereocenters. The van der Waals surface area contributed by atoms with Crippen LogP contribution in [-0.2, 0) is 6.42 Å². The summed E-state index contributed by atoms with van der Waals surface area (Å²) < 4.78 is 5.00. The first-order valence-corrected chi connectivity index (χ1v) is 6.06. The molecular formula is C13H16N4O2. The summed E-state index contributed by atoms with van der Waals surface area (Å²) in [4.78, 5) is 15.3. The maximum atomic E-state index is 11.3. The lowest BCUT2D eigenvalue weighted by molar-refractivity contribution is 0.0950. The van der Waals surface area contributed by atoms with Gasteiger partial charge in [0.1, 0.15) is 0 Å². The first-order valence-electron chi connectivity index (χ1n) is 6.06. The number of hydrogen-bond donors (Lipinski definition) is 2. The standard InChI is InChI=1S/C13H16N4O2/c1-15-13(18)12-16-11(19-17-12)8-7-10(14)9-5-3-2-4-6-9/h2-6,10H,7-8,14H2,1H3,(H,15,18). The van der Waals surface area contributed by atoms with Crippen LogP contribution in [-0.4, -0.2) is 23.1 Å². The van der Waals surface area contributed by atoms with E-state index >= 15 is 0 Å². The van der Waals surface area contributed by atoms with Gasteiger partial charge in [-0.2, -0.15) is 4.98 Å². The second-order valence-electron chi connectivity index (χ2n) is 4.15. The maximum absolute atomic E-state index is 11.3. The van der Waals surface area contributed by atoms with Crippen molar-refractivity contribution in [3.05, 3.63) is 47.6 Å². The van der Waals surface area contributed by atoms with Crippen LogP contribution in [0.4, 0.5) is 0 Å². The van der Waals surface area contributed by atoms with Gasteiger partial charge in [0, 0.05) is 19.5 Å². The second-order valence-corrected chi connectivity index (χ2v) is 4.15. The molecule has 0 radical (unpaired) electrons. The molecular weight excluding hydrogens is 244 g/mol. The van der Waals surface area contributed by atoms with E-state index in [2.05, 4.69) is 15.5 Å².